The molecule has 0 fully saturated rings. The van der Waals surface area contributed by atoms with Crippen molar-refractivity contribution in [1.29, 1.82) is 0 Å². The zero-order chi connectivity index (χ0) is 16.8. The molecular weight excluding hydrogens is 305 g/mol. The highest BCUT2D eigenvalue weighted by atomic mass is 19.4. The Morgan fingerprint density at radius 1 is 1.09 bits per heavy atom. The van der Waals surface area contributed by atoms with Gasteiger partial charge in [-0.05, 0) is 35.6 Å². The largest absolute Gasteiger partial charge is 0.488 e. The number of allylic oxidation sites excluding steroid dienone is 2. The lowest BCUT2D eigenvalue weighted by molar-refractivity contribution is -0.137. The van der Waals surface area contributed by atoms with Gasteiger partial charge in [-0.2, -0.15) is 13.2 Å². The van der Waals surface area contributed by atoms with Gasteiger partial charge in [-0.15, -0.1) is 0 Å². The fraction of sp³-hybridized carbons (Fsp3) is 0.389. The van der Waals surface area contributed by atoms with E-state index in [9.17, 15) is 18.0 Å². The van der Waals surface area contributed by atoms with Crippen LogP contribution < -0.4 is 0 Å². The zero-order valence-electron chi connectivity index (χ0n) is 13.0. The monoisotopic (exact) mass is 322 g/mol. The number of Topliss-reactive ketones (excluding diaryl/α,β-unsaturated/α-hetero) is 1. The Bertz CT molecular complexity index is 707. The molecule has 0 aromatic heterocycles. The maximum absolute atomic E-state index is 12.6. The Morgan fingerprint density at radius 2 is 1.74 bits per heavy atom. The molecule has 1 aromatic carbocycles. The number of carbonyl (C=O) groups is 1. The lowest BCUT2D eigenvalue weighted by Gasteiger charge is -2.33. The van der Waals surface area contributed by atoms with Crippen molar-refractivity contribution in [1.82, 2.24) is 0 Å². The van der Waals surface area contributed by atoms with E-state index in [1.165, 1.54) is 12.1 Å². The molecule has 0 radical (unpaired) electrons. The molecule has 23 heavy (non-hydrogen) atoms. The quantitative estimate of drug-likeness (QED) is 0.745. The maximum atomic E-state index is 12.6. The van der Waals surface area contributed by atoms with Crippen LogP contribution in [0.3, 0.4) is 0 Å². The molecule has 1 aromatic rings. The minimum Gasteiger partial charge on any atom is -0.488 e. The van der Waals surface area contributed by atoms with E-state index in [4.69, 9.17) is 4.74 Å². The molecule has 1 aliphatic carbocycles. The van der Waals surface area contributed by atoms with Crippen LogP contribution in [0.2, 0.25) is 0 Å². The summed E-state index contributed by atoms with van der Waals surface area (Å²) in [5.74, 6) is 0.613. The first-order chi connectivity index (χ1) is 10.7. The Hall–Kier alpha value is -2.04. The molecule has 1 heterocycles. The minimum atomic E-state index is -4.35. The van der Waals surface area contributed by atoms with E-state index in [1.807, 2.05) is 13.8 Å². The molecule has 0 saturated heterocycles. The van der Waals surface area contributed by atoms with Crippen LogP contribution in [-0.4, -0.2) is 12.4 Å². The van der Waals surface area contributed by atoms with E-state index in [2.05, 4.69) is 0 Å². The molecule has 1 aliphatic heterocycles. The molecular formula is C18H17F3O2. The molecule has 0 saturated carbocycles. The first kappa shape index (κ1) is 15.8. The van der Waals surface area contributed by atoms with Crippen molar-refractivity contribution in [2.24, 2.45) is 5.41 Å². The van der Waals surface area contributed by atoms with E-state index < -0.39 is 11.7 Å². The molecule has 0 N–H and O–H groups in total. The predicted octanol–water partition coefficient (Wildman–Crippen LogP) is 4.76. The Kier molecular flexibility index (Phi) is 3.62. The van der Waals surface area contributed by atoms with Crippen molar-refractivity contribution in [3.63, 3.8) is 0 Å². The Balaban J connectivity index is 1.92. The van der Waals surface area contributed by atoms with Gasteiger partial charge < -0.3 is 4.74 Å². The van der Waals surface area contributed by atoms with Crippen LogP contribution in [0.4, 0.5) is 13.2 Å². The van der Waals surface area contributed by atoms with Gasteiger partial charge in [0.1, 0.15) is 12.4 Å². The smallest absolute Gasteiger partial charge is 0.416 e. The van der Waals surface area contributed by atoms with Crippen molar-refractivity contribution >= 4 is 11.5 Å². The Morgan fingerprint density at radius 3 is 2.35 bits per heavy atom. The van der Waals surface area contributed by atoms with Crippen molar-refractivity contribution in [2.75, 3.05) is 6.61 Å². The highest BCUT2D eigenvalue weighted by Gasteiger charge is 2.34. The topological polar surface area (TPSA) is 26.3 Å². The van der Waals surface area contributed by atoms with Crippen LogP contribution in [-0.2, 0) is 15.7 Å². The summed E-state index contributed by atoms with van der Waals surface area (Å²) in [5, 5.41) is 0. The van der Waals surface area contributed by atoms with Crippen LogP contribution in [0.25, 0.3) is 5.76 Å². The van der Waals surface area contributed by atoms with E-state index >= 15 is 0 Å². The van der Waals surface area contributed by atoms with Gasteiger partial charge in [0.25, 0.3) is 0 Å². The van der Waals surface area contributed by atoms with Crippen LogP contribution in [0, 0.1) is 5.41 Å². The number of ketones is 1. The van der Waals surface area contributed by atoms with E-state index in [0.717, 1.165) is 24.1 Å². The maximum Gasteiger partial charge on any atom is 0.416 e. The summed E-state index contributed by atoms with van der Waals surface area (Å²) in [6.45, 7) is 4.27. The van der Waals surface area contributed by atoms with Crippen LogP contribution in [0.1, 0.15) is 37.8 Å². The molecule has 2 nitrogen and oxygen atoms in total. The molecule has 2 aliphatic rings. The van der Waals surface area contributed by atoms with Crippen molar-refractivity contribution in [2.45, 2.75) is 32.9 Å². The predicted molar refractivity (Wildman–Crippen MR) is 80.4 cm³/mol. The number of benzene rings is 1. The van der Waals surface area contributed by atoms with Gasteiger partial charge in [0, 0.05) is 17.6 Å². The van der Waals surface area contributed by atoms with Gasteiger partial charge in [0.05, 0.1) is 5.56 Å². The number of hydrogen-bond donors (Lipinski definition) is 0. The molecule has 0 unspecified atom stereocenters. The van der Waals surface area contributed by atoms with Crippen LogP contribution in [0.5, 0.6) is 0 Å². The van der Waals surface area contributed by atoms with Crippen molar-refractivity contribution in [3.05, 3.63) is 52.6 Å². The van der Waals surface area contributed by atoms with Crippen molar-refractivity contribution in [3.8, 4) is 0 Å². The molecule has 0 bridgehead atoms. The van der Waals surface area contributed by atoms with E-state index in [1.54, 1.807) is 6.08 Å². The molecule has 5 heteroatoms. The third-order valence-electron chi connectivity index (χ3n) is 4.21. The molecule has 3 rings (SSSR count). The number of alkyl halides is 3. The third-order valence-corrected chi connectivity index (χ3v) is 4.21. The number of hydrogen-bond acceptors (Lipinski definition) is 2. The highest BCUT2D eigenvalue weighted by molar-refractivity contribution is 5.99. The second-order valence-corrected chi connectivity index (χ2v) is 6.82. The molecule has 122 valence electrons. The average molecular weight is 322 g/mol. The summed E-state index contributed by atoms with van der Waals surface area (Å²) in [6.07, 6.45) is -1.30. The van der Waals surface area contributed by atoms with Gasteiger partial charge in [-0.1, -0.05) is 26.0 Å². The molecule has 0 atom stereocenters. The number of carbonyl (C=O) groups excluding carboxylic acids is 1. The first-order valence-corrected chi connectivity index (χ1v) is 7.43. The van der Waals surface area contributed by atoms with Crippen molar-refractivity contribution < 1.29 is 22.7 Å². The normalized spacial score (nSPS) is 20.7. The second kappa shape index (κ2) is 5.25. The summed E-state index contributed by atoms with van der Waals surface area (Å²) < 4.78 is 43.5. The van der Waals surface area contributed by atoms with Gasteiger partial charge in [-0.3, -0.25) is 4.79 Å². The summed E-state index contributed by atoms with van der Waals surface area (Å²) in [6, 6.07) is 4.88. The Labute approximate surface area is 132 Å². The fourth-order valence-electron chi connectivity index (χ4n) is 3.06. The SMILES string of the molecule is CC1(C)CC(=O)C2=C(C=C(c3ccc(C(F)(F)F)cc3)OC2)C1. The van der Waals surface area contributed by atoms with Gasteiger partial charge in [-0.25, -0.2) is 0 Å². The molecule has 0 spiro atoms. The number of halogens is 3. The number of ether oxygens (including phenoxy) is 1. The zero-order valence-corrected chi connectivity index (χ0v) is 13.0. The lowest BCUT2D eigenvalue weighted by atomic mass is 9.73. The van der Waals surface area contributed by atoms with E-state index in [-0.39, 0.29) is 17.8 Å². The standard InChI is InChI=1S/C18H17F3O2/c1-17(2)8-12-7-16(23-10-14(12)15(22)9-17)11-3-5-13(6-4-11)18(19,20)21/h3-7H,8-10H2,1-2H3. The van der Waals surface area contributed by atoms with Crippen LogP contribution >= 0.6 is 0 Å². The summed E-state index contributed by atoms with van der Waals surface area (Å²) in [7, 11) is 0. The third kappa shape index (κ3) is 3.19. The van der Waals surface area contributed by atoms with Crippen LogP contribution in [0.15, 0.2) is 41.5 Å². The highest BCUT2D eigenvalue weighted by Crippen LogP contribution is 2.41. The lowest BCUT2D eigenvalue weighted by Crippen LogP contribution is -2.28. The summed E-state index contributed by atoms with van der Waals surface area (Å²) in [5.41, 5.74) is 1.42. The van der Waals surface area contributed by atoms with Gasteiger partial charge >= 0.3 is 6.18 Å². The van der Waals surface area contributed by atoms with Gasteiger partial charge in [0.2, 0.25) is 0 Å². The summed E-state index contributed by atoms with van der Waals surface area (Å²) in [4.78, 5) is 12.2. The first-order valence-electron chi connectivity index (χ1n) is 7.43. The molecule has 0 amide bonds. The minimum absolute atomic E-state index is 0.0963. The average Bonchev–Trinajstić information content (AvgIpc) is 2.44. The second-order valence-electron chi connectivity index (χ2n) is 6.82. The number of rotatable bonds is 1. The summed E-state index contributed by atoms with van der Waals surface area (Å²) >= 11 is 0. The fourth-order valence-corrected chi connectivity index (χ4v) is 3.06. The van der Waals surface area contributed by atoms with E-state index in [0.29, 0.717) is 23.3 Å². The van der Waals surface area contributed by atoms with Gasteiger partial charge in [0.15, 0.2) is 5.78 Å².